The van der Waals surface area contributed by atoms with E-state index in [-0.39, 0.29) is 16.9 Å². The molecule has 0 aliphatic carbocycles. The average Bonchev–Trinajstić information content (AvgIpc) is 2.59. The van der Waals surface area contributed by atoms with Crippen LogP contribution >= 0.6 is 0 Å². The Labute approximate surface area is 163 Å². The van der Waals surface area contributed by atoms with Crippen molar-refractivity contribution >= 4 is 23.0 Å². The molecule has 0 unspecified atom stereocenters. The third-order valence-corrected chi connectivity index (χ3v) is 4.02. The number of nitrogens with zero attached hydrogens (tertiary/aromatic N) is 3. The third kappa shape index (κ3) is 5.30. The molecular weight excluding hydrogens is 395 g/mol. The van der Waals surface area contributed by atoms with Crippen LogP contribution in [0.25, 0.3) is 10.9 Å². The van der Waals surface area contributed by atoms with Gasteiger partial charge in [0.1, 0.15) is 11.4 Å². The maximum atomic E-state index is 12.3. The van der Waals surface area contributed by atoms with E-state index in [2.05, 4.69) is 9.72 Å². The Morgan fingerprint density at radius 1 is 1.14 bits per heavy atom. The molecule has 1 amide bonds. The molecule has 1 aromatic heterocycles. The zero-order chi connectivity index (χ0) is 21.4. The summed E-state index contributed by atoms with van der Waals surface area (Å²) in [5.41, 5.74) is -1.25. The summed E-state index contributed by atoms with van der Waals surface area (Å²) in [6.07, 6.45) is -5.29. The van der Waals surface area contributed by atoms with Crippen LogP contribution < -0.4 is 15.3 Å². The monoisotopic (exact) mass is 415 g/mol. The molecule has 2 aromatic rings. The first kappa shape index (κ1) is 20.7. The summed E-state index contributed by atoms with van der Waals surface area (Å²) in [7, 11) is 0. The fourth-order valence-electron chi connectivity index (χ4n) is 2.78. The van der Waals surface area contributed by atoms with Crippen LogP contribution in [0, 0.1) is 0 Å². The number of carbonyl (C=O) groups excluding carboxylic acids is 1. The number of hydrogen-bond donors (Lipinski definition) is 0. The molecule has 0 spiro atoms. The summed E-state index contributed by atoms with van der Waals surface area (Å²) in [5, 5.41) is -0.122. The summed E-state index contributed by atoms with van der Waals surface area (Å²) in [6.45, 7) is 6.74. The number of piperazine rings is 1. The van der Waals surface area contributed by atoms with E-state index in [9.17, 15) is 22.8 Å². The molecule has 1 fully saturated rings. The third-order valence-electron chi connectivity index (χ3n) is 4.02. The largest absolute Gasteiger partial charge is 0.573 e. The average molecular weight is 415 g/mol. The van der Waals surface area contributed by atoms with Gasteiger partial charge in [-0.25, -0.2) is 9.59 Å². The lowest BCUT2D eigenvalue weighted by atomic mass is 10.2. The fraction of sp³-hybridized carbons (Fsp3) is 0.500. The van der Waals surface area contributed by atoms with Crippen LogP contribution in [0.1, 0.15) is 20.8 Å². The number of alkyl halides is 3. The highest BCUT2D eigenvalue weighted by molar-refractivity contribution is 5.79. The Kier molecular flexibility index (Phi) is 5.33. The van der Waals surface area contributed by atoms with Gasteiger partial charge in [-0.1, -0.05) is 0 Å². The highest BCUT2D eigenvalue weighted by atomic mass is 19.4. The SMILES string of the molecule is CC(C)(C)OC(=O)N1CCN(c2nc3ccc(OC(F)(F)F)cc3c(=O)o2)CC1. The van der Waals surface area contributed by atoms with Gasteiger partial charge in [-0.05, 0) is 39.0 Å². The van der Waals surface area contributed by atoms with E-state index in [0.717, 1.165) is 12.1 Å². The molecule has 1 aromatic carbocycles. The predicted molar refractivity (Wildman–Crippen MR) is 97.0 cm³/mol. The second-order valence-electron chi connectivity index (χ2n) is 7.47. The molecule has 1 aliphatic rings. The lowest BCUT2D eigenvalue weighted by molar-refractivity contribution is -0.274. The van der Waals surface area contributed by atoms with Crippen molar-refractivity contribution in [1.82, 2.24) is 9.88 Å². The zero-order valence-corrected chi connectivity index (χ0v) is 16.1. The van der Waals surface area contributed by atoms with Crippen LogP contribution in [-0.4, -0.2) is 54.1 Å². The number of amides is 1. The Morgan fingerprint density at radius 2 is 1.79 bits per heavy atom. The Bertz CT molecular complexity index is 960. The van der Waals surface area contributed by atoms with Crippen LogP contribution in [0.15, 0.2) is 27.4 Å². The van der Waals surface area contributed by atoms with Gasteiger partial charge >= 0.3 is 24.1 Å². The van der Waals surface area contributed by atoms with E-state index in [1.165, 1.54) is 6.07 Å². The van der Waals surface area contributed by atoms with E-state index in [0.29, 0.717) is 26.2 Å². The smallest absolute Gasteiger partial charge is 0.444 e. The second kappa shape index (κ2) is 7.45. The van der Waals surface area contributed by atoms with Gasteiger partial charge in [0.05, 0.1) is 10.9 Å². The molecule has 2 heterocycles. The van der Waals surface area contributed by atoms with Crippen LogP contribution in [0.2, 0.25) is 0 Å². The quantitative estimate of drug-likeness (QED) is 0.745. The number of rotatable bonds is 2. The van der Waals surface area contributed by atoms with Crippen molar-refractivity contribution in [3.63, 3.8) is 0 Å². The normalized spacial score (nSPS) is 15.5. The van der Waals surface area contributed by atoms with Gasteiger partial charge in [0.2, 0.25) is 0 Å². The van der Waals surface area contributed by atoms with E-state index in [1.807, 2.05) is 0 Å². The van der Waals surface area contributed by atoms with Crippen LogP contribution in [0.5, 0.6) is 5.75 Å². The summed E-state index contributed by atoms with van der Waals surface area (Å²) in [5.74, 6) is -0.530. The van der Waals surface area contributed by atoms with Crippen molar-refractivity contribution in [2.45, 2.75) is 32.7 Å². The first-order valence-electron chi connectivity index (χ1n) is 8.85. The maximum absolute atomic E-state index is 12.3. The van der Waals surface area contributed by atoms with E-state index in [4.69, 9.17) is 9.15 Å². The van der Waals surface area contributed by atoms with E-state index < -0.39 is 29.4 Å². The molecule has 0 saturated carbocycles. The lowest BCUT2D eigenvalue weighted by Gasteiger charge is -2.35. The minimum absolute atomic E-state index is 0.0378. The van der Waals surface area contributed by atoms with E-state index in [1.54, 1.807) is 30.6 Å². The van der Waals surface area contributed by atoms with Crippen molar-refractivity contribution in [3.05, 3.63) is 28.6 Å². The minimum atomic E-state index is -4.87. The molecule has 0 radical (unpaired) electrons. The molecule has 0 N–H and O–H groups in total. The number of carbonyl (C=O) groups is 1. The molecule has 1 saturated heterocycles. The van der Waals surface area contributed by atoms with Crippen molar-refractivity contribution < 1.29 is 31.9 Å². The molecule has 1 aliphatic heterocycles. The maximum Gasteiger partial charge on any atom is 0.573 e. The zero-order valence-electron chi connectivity index (χ0n) is 16.1. The van der Waals surface area contributed by atoms with Crippen molar-refractivity contribution in [3.8, 4) is 5.75 Å². The number of hydrogen-bond acceptors (Lipinski definition) is 7. The summed E-state index contributed by atoms with van der Waals surface area (Å²) in [6, 6.07) is 3.31. The predicted octanol–water partition coefficient (Wildman–Crippen LogP) is 3.14. The molecule has 158 valence electrons. The Morgan fingerprint density at radius 3 is 2.38 bits per heavy atom. The summed E-state index contributed by atoms with van der Waals surface area (Å²) in [4.78, 5) is 31.8. The molecule has 11 heteroatoms. The minimum Gasteiger partial charge on any atom is -0.444 e. The highest BCUT2D eigenvalue weighted by Gasteiger charge is 2.31. The van der Waals surface area contributed by atoms with Crippen LogP contribution in [-0.2, 0) is 4.74 Å². The first-order valence-corrected chi connectivity index (χ1v) is 8.85. The van der Waals surface area contributed by atoms with E-state index >= 15 is 0 Å². The topological polar surface area (TPSA) is 85.1 Å². The number of aromatic nitrogens is 1. The fourth-order valence-corrected chi connectivity index (χ4v) is 2.78. The molecule has 29 heavy (non-hydrogen) atoms. The molecule has 0 atom stereocenters. The van der Waals surface area contributed by atoms with Gasteiger partial charge in [0.15, 0.2) is 0 Å². The second-order valence-corrected chi connectivity index (χ2v) is 7.47. The van der Waals surface area contributed by atoms with Gasteiger partial charge < -0.3 is 23.7 Å². The van der Waals surface area contributed by atoms with Gasteiger partial charge in [-0.2, -0.15) is 4.98 Å². The summed E-state index contributed by atoms with van der Waals surface area (Å²) < 4.78 is 51.4. The highest BCUT2D eigenvalue weighted by Crippen LogP contribution is 2.26. The number of ether oxygens (including phenoxy) is 2. The van der Waals surface area contributed by atoms with Crippen molar-refractivity contribution in [2.24, 2.45) is 0 Å². The molecule has 0 bridgehead atoms. The van der Waals surface area contributed by atoms with Crippen molar-refractivity contribution in [2.75, 3.05) is 31.1 Å². The van der Waals surface area contributed by atoms with Crippen molar-refractivity contribution in [1.29, 1.82) is 0 Å². The Balaban J connectivity index is 1.74. The van der Waals surface area contributed by atoms with Gasteiger partial charge in [0.25, 0.3) is 0 Å². The lowest BCUT2D eigenvalue weighted by Crippen LogP contribution is -2.50. The Hall–Kier alpha value is -2.98. The van der Waals surface area contributed by atoms with Gasteiger partial charge in [0, 0.05) is 26.2 Å². The van der Waals surface area contributed by atoms with Gasteiger partial charge in [-0.3, -0.25) is 0 Å². The molecular formula is C18H20F3N3O5. The number of benzene rings is 1. The van der Waals surface area contributed by atoms with Crippen LogP contribution in [0.3, 0.4) is 0 Å². The molecule has 8 nitrogen and oxygen atoms in total. The molecule has 3 rings (SSSR count). The summed E-state index contributed by atoms with van der Waals surface area (Å²) >= 11 is 0. The first-order chi connectivity index (χ1) is 13.4. The number of halogens is 3. The number of fused-ring (bicyclic) bond motifs is 1. The standard InChI is InChI=1S/C18H20F3N3O5/c1-17(2,3)29-16(26)24-8-6-23(7-9-24)15-22-13-5-4-11(28-18(19,20)21)10-12(13)14(25)27-15/h4-5,10H,6-9H2,1-3H3. The van der Waals surface area contributed by atoms with Gasteiger partial charge in [-0.15, -0.1) is 13.2 Å². The number of anilines is 1. The van der Waals surface area contributed by atoms with Crippen LogP contribution in [0.4, 0.5) is 24.0 Å².